The summed E-state index contributed by atoms with van der Waals surface area (Å²) in [7, 11) is 0. The molecule has 0 saturated heterocycles. The van der Waals surface area contributed by atoms with E-state index in [2.05, 4.69) is 41.5 Å². The van der Waals surface area contributed by atoms with Gasteiger partial charge in [-0.05, 0) is 44.0 Å². The number of rotatable bonds is 3. The fraction of sp³-hybridized carbons (Fsp3) is 0.200. The van der Waals surface area contributed by atoms with Crippen LogP contribution in [0.1, 0.15) is 19.4 Å². The number of hydrogen-bond donors (Lipinski definition) is 1. The summed E-state index contributed by atoms with van der Waals surface area (Å²) in [5.41, 5.74) is 3.24. The fourth-order valence-corrected chi connectivity index (χ4v) is 3.50. The second-order valence-electron chi connectivity index (χ2n) is 7.10. The fourth-order valence-electron chi connectivity index (χ4n) is 3.50. The summed E-state index contributed by atoms with van der Waals surface area (Å²) in [6.07, 6.45) is 0.919. The third-order valence-corrected chi connectivity index (χ3v) is 4.55. The van der Waals surface area contributed by atoms with Gasteiger partial charge in [0.15, 0.2) is 5.69 Å². The third-order valence-electron chi connectivity index (χ3n) is 4.55. The third kappa shape index (κ3) is 2.79. The van der Waals surface area contributed by atoms with Crippen LogP contribution in [0.25, 0.3) is 10.8 Å². The molecule has 0 aliphatic carbocycles. The smallest absolute Gasteiger partial charge is 0.296 e. The van der Waals surface area contributed by atoms with Crippen molar-refractivity contribution >= 4 is 33.5 Å². The van der Waals surface area contributed by atoms with Crippen LogP contribution in [0.5, 0.6) is 0 Å². The standard InChI is InChI=1S/C20H18N4O2/c1-20(2)12-13-10-11-15(14-6-5-8-17(21-20)19(13)14)22-23-16-7-3-4-9-18(16)24(25)26/h3-11,21H,12H2,1-2H3. The van der Waals surface area contributed by atoms with Crippen molar-refractivity contribution in [2.75, 3.05) is 5.32 Å². The Bertz CT molecular complexity index is 1040. The topological polar surface area (TPSA) is 79.9 Å². The van der Waals surface area contributed by atoms with Crippen LogP contribution in [0, 0.1) is 10.1 Å². The van der Waals surface area contributed by atoms with Crippen molar-refractivity contribution < 1.29 is 4.92 Å². The van der Waals surface area contributed by atoms with Crippen molar-refractivity contribution in [1.29, 1.82) is 0 Å². The largest absolute Gasteiger partial charge is 0.379 e. The van der Waals surface area contributed by atoms with Gasteiger partial charge in [0.2, 0.25) is 0 Å². The summed E-state index contributed by atoms with van der Waals surface area (Å²) in [5.74, 6) is 0. The highest BCUT2D eigenvalue weighted by atomic mass is 16.6. The first-order valence-corrected chi connectivity index (χ1v) is 8.43. The molecule has 130 valence electrons. The average Bonchev–Trinajstić information content (AvgIpc) is 2.60. The molecule has 0 amide bonds. The zero-order valence-electron chi connectivity index (χ0n) is 14.6. The van der Waals surface area contributed by atoms with Gasteiger partial charge in [-0.15, -0.1) is 10.2 Å². The van der Waals surface area contributed by atoms with Crippen molar-refractivity contribution in [2.24, 2.45) is 10.2 Å². The van der Waals surface area contributed by atoms with Gasteiger partial charge in [0, 0.05) is 28.1 Å². The Labute approximate surface area is 150 Å². The number of benzene rings is 3. The normalized spacial score (nSPS) is 15.2. The second-order valence-corrected chi connectivity index (χ2v) is 7.10. The van der Waals surface area contributed by atoms with Crippen LogP contribution < -0.4 is 5.32 Å². The number of nitro groups is 1. The maximum atomic E-state index is 11.1. The molecule has 26 heavy (non-hydrogen) atoms. The highest BCUT2D eigenvalue weighted by molar-refractivity contribution is 6.03. The van der Waals surface area contributed by atoms with Crippen LogP contribution in [0.4, 0.5) is 22.7 Å². The van der Waals surface area contributed by atoms with Gasteiger partial charge >= 0.3 is 0 Å². The summed E-state index contributed by atoms with van der Waals surface area (Å²) < 4.78 is 0. The van der Waals surface area contributed by atoms with Crippen molar-refractivity contribution in [2.45, 2.75) is 25.8 Å². The highest BCUT2D eigenvalue weighted by Gasteiger charge is 2.26. The van der Waals surface area contributed by atoms with Gasteiger partial charge in [-0.3, -0.25) is 10.1 Å². The minimum atomic E-state index is -0.446. The molecule has 0 radical (unpaired) electrons. The molecule has 0 aromatic heterocycles. The van der Waals surface area contributed by atoms with Gasteiger partial charge in [0.05, 0.1) is 10.6 Å². The van der Waals surface area contributed by atoms with Crippen LogP contribution in [0.15, 0.2) is 64.8 Å². The number of para-hydroxylation sites is 1. The van der Waals surface area contributed by atoms with E-state index in [1.807, 2.05) is 18.2 Å². The molecule has 0 spiro atoms. The van der Waals surface area contributed by atoms with Gasteiger partial charge in [-0.2, -0.15) is 0 Å². The number of nitro benzene ring substituents is 1. The number of anilines is 1. The van der Waals surface area contributed by atoms with Gasteiger partial charge in [-0.1, -0.05) is 30.3 Å². The average molecular weight is 346 g/mol. The van der Waals surface area contributed by atoms with E-state index in [0.717, 1.165) is 22.9 Å². The van der Waals surface area contributed by atoms with Crippen LogP contribution in [0.2, 0.25) is 0 Å². The van der Waals surface area contributed by atoms with Gasteiger partial charge < -0.3 is 5.32 Å². The zero-order valence-corrected chi connectivity index (χ0v) is 14.6. The quantitative estimate of drug-likeness (QED) is 0.364. The predicted molar refractivity (Wildman–Crippen MR) is 103 cm³/mol. The van der Waals surface area contributed by atoms with Gasteiger partial charge in [-0.25, -0.2) is 0 Å². The van der Waals surface area contributed by atoms with E-state index >= 15 is 0 Å². The lowest BCUT2D eigenvalue weighted by molar-refractivity contribution is -0.384. The first kappa shape index (κ1) is 16.2. The van der Waals surface area contributed by atoms with Crippen LogP contribution in [-0.2, 0) is 6.42 Å². The maximum Gasteiger partial charge on any atom is 0.296 e. The van der Waals surface area contributed by atoms with E-state index in [1.165, 1.54) is 11.6 Å². The minimum absolute atomic E-state index is 0.00499. The Balaban J connectivity index is 1.81. The first-order chi connectivity index (χ1) is 12.4. The molecule has 0 saturated carbocycles. The Morgan fingerprint density at radius 1 is 1.00 bits per heavy atom. The van der Waals surface area contributed by atoms with E-state index in [0.29, 0.717) is 5.69 Å². The Morgan fingerprint density at radius 3 is 2.58 bits per heavy atom. The molecule has 1 aliphatic rings. The lowest BCUT2D eigenvalue weighted by atomic mass is 9.86. The number of nitrogens with one attached hydrogen (secondary N) is 1. The van der Waals surface area contributed by atoms with E-state index in [4.69, 9.17) is 0 Å². The van der Waals surface area contributed by atoms with Crippen LogP contribution >= 0.6 is 0 Å². The molecular formula is C20H18N4O2. The first-order valence-electron chi connectivity index (χ1n) is 8.43. The molecule has 4 rings (SSSR count). The van der Waals surface area contributed by atoms with E-state index in [9.17, 15) is 10.1 Å². The molecular weight excluding hydrogens is 328 g/mol. The molecule has 3 aromatic rings. The second kappa shape index (κ2) is 5.91. The molecule has 0 unspecified atom stereocenters. The van der Waals surface area contributed by atoms with E-state index in [1.54, 1.807) is 18.2 Å². The summed E-state index contributed by atoms with van der Waals surface area (Å²) in [6, 6.07) is 16.4. The Morgan fingerprint density at radius 2 is 1.77 bits per heavy atom. The minimum Gasteiger partial charge on any atom is -0.379 e. The number of azo groups is 1. The molecule has 0 bridgehead atoms. The maximum absolute atomic E-state index is 11.1. The molecule has 1 heterocycles. The van der Waals surface area contributed by atoms with Gasteiger partial charge in [0.25, 0.3) is 5.69 Å². The zero-order chi connectivity index (χ0) is 18.3. The number of hydrogen-bond acceptors (Lipinski definition) is 5. The van der Waals surface area contributed by atoms with Crippen molar-refractivity contribution in [3.8, 4) is 0 Å². The molecule has 3 aromatic carbocycles. The molecule has 6 heteroatoms. The van der Waals surface area contributed by atoms with Crippen molar-refractivity contribution in [1.82, 2.24) is 0 Å². The van der Waals surface area contributed by atoms with Crippen molar-refractivity contribution in [3.63, 3.8) is 0 Å². The SMILES string of the molecule is CC1(C)Cc2ccc(N=Nc3ccccc3[N+](=O)[O-])c3cccc(c23)N1. The predicted octanol–water partition coefficient (Wildman–Crippen LogP) is 5.91. The lowest BCUT2D eigenvalue weighted by Gasteiger charge is -2.34. The lowest BCUT2D eigenvalue weighted by Crippen LogP contribution is -2.36. The molecule has 1 aliphatic heterocycles. The molecule has 6 nitrogen and oxygen atoms in total. The highest BCUT2D eigenvalue weighted by Crippen LogP contribution is 2.40. The van der Waals surface area contributed by atoms with Crippen molar-refractivity contribution in [3.05, 3.63) is 70.3 Å². The van der Waals surface area contributed by atoms with E-state index < -0.39 is 4.92 Å². The Hall–Kier alpha value is -3.28. The summed E-state index contributed by atoms with van der Waals surface area (Å²) >= 11 is 0. The van der Waals surface area contributed by atoms with Crippen LogP contribution in [0.3, 0.4) is 0 Å². The summed E-state index contributed by atoms with van der Waals surface area (Å²) in [6.45, 7) is 4.36. The summed E-state index contributed by atoms with van der Waals surface area (Å²) in [4.78, 5) is 10.7. The molecule has 0 fully saturated rings. The van der Waals surface area contributed by atoms with Crippen LogP contribution in [-0.4, -0.2) is 10.5 Å². The van der Waals surface area contributed by atoms with E-state index in [-0.39, 0.29) is 16.9 Å². The van der Waals surface area contributed by atoms with Gasteiger partial charge in [0.1, 0.15) is 0 Å². The molecule has 0 atom stereocenters. The summed E-state index contributed by atoms with van der Waals surface area (Å²) in [5, 5.41) is 25.3. The number of nitrogens with zero attached hydrogens (tertiary/aromatic N) is 3. The Kier molecular flexibility index (Phi) is 3.68. The molecule has 1 N–H and O–H groups in total. The monoisotopic (exact) mass is 346 g/mol.